The number of nitrogens with one attached hydrogen (secondary N) is 1. The zero-order valence-corrected chi connectivity index (χ0v) is 13.8. The summed E-state index contributed by atoms with van der Waals surface area (Å²) >= 11 is 0. The van der Waals surface area contributed by atoms with Crippen molar-refractivity contribution in [1.29, 1.82) is 0 Å². The van der Waals surface area contributed by atoms with Crippen molar-refractivity contribution >= 4 is 0 Å². The van der Waals surface area contributed by atoms with Crippen LogP contribution in [0.5, 0.6) is 0 Å². The fraction of sp³-hybridized carbons (Fsp3) is 1.00. The molecule has 0 bridgehead atoms. The number of rotatable bonds is 2. The zero-order chi connectivity index (χ0) is 14.0. The molecular weight excluding hydrogens is 242 g/mol. The van der Waals surface area contributed by atoms with Crippen molar-refractivity contribution in [2.24, 2.45) is 5.92 Å². The van der Waals surface area contributed by atoms with Gasteiger partial charge in [-0.05, 0) is 31.6 Å². The molecule has 2 unspecified atom stereocenters. The van der Waals surface area contributed by atoms with Gasteiger partial charge in [-0.1, -0.05) is 77.6 Å². The molecule has 1 N–H and O–H groups in total. The van der Waals surface area contributed by atoms with Gasteiger partial charge in [-0.15, -0.1) is 0 Å². The van der Waals surface area contributed by atoms with E-state index in [0.717, 1.165) is 18.0 Å². The summed E-state index contributed by atoms with van der Waals surface area (Å²) < 4.78 is 0. The average molecular weight is 280 g/mol. The van der Waals surface area contributed by atoms with E-state index in [4.69, 9.17) is 0 Å². The average Bonchev–Trinajstić information content (AvgIpc) is 2.42. The van der Waals surface area contributed by atoms with E-state index >= 15 is 0 Å². The molecule has 2 atom stereocenters. The first-order valence-electron chi connectivity index (χ1n) is 9.60. The molecule has 0 saturated heterocycles. The molecule has 118 valence electrons. The third kappa shape index (κ3) is 6.61. The molecule has 0 aliphatic heterocycles. The van der Waals surface area contributed by atoms with E-state index in [-0.39, 0.29) is 0 Å². The third-order valence-corrected chi connectivity index (χ3v) is 5.51. The highest BCUT2D eigenvalue weighted by atomic mass is 14.9. The molecule has 0 aromatic carbocycles. The molecule has 0 aromatic rings. The van der Waals surface area contributed by atoms with Crippen molar-refractivity contribution in [3.8, 4) is 0 Å². The monoisotopic (exact) mass is 279 g/mol. The van der Waals surface area contributed by atoms with Gasteiger partial charge in [-0.3, -0.25) is 0 Å². The summed E-state index contributed by atoms with van der Waals surface area (Å²) in [5.41, 5.74) is 0. The lowest BCUT2D eigenvalue weighted by Crippen LogP contribution is -2.41. The summed E-state index contributed by atoms with van der Waals surface area (Å²) in [5, 5.41) is 4.04. The molecule has 0 spiro atoms. The molecule has 0 aromatic heterocycles. The molecule has 2 aliphatic carbocycles. The summed E-state index contributed by atoms with van der Waals surface area (Å²) in [6.07, 6.45) is 21.9. The Hall–Kier alpha value is -0.0400. The minimum absolute atomic E-state index is 0.824. The molecule has 2 fully saturated rings. The standard InChI is InChI=1S/C19H37N/c1-17-12-11-15-19(16-17)20-18-13-9-7-5-3-2-4-6-8-10-14-18/h17-20H,2-16H2,1H3. The van der Waals surface area contributed by atoms with E-state index in [1.54, 1.807) is 0 Å². The Kier molecular flexibility index (Phi) is 8.02. The van der Waals surface area contributed by atoms with Crippen LogP contribution < -0.4 is 5.32 Å². The molecule has 1 nitrogen and oxygen atoms in total. The van der Waals surface area contributed by atoms with E-state index in [2.05, 4.69) is 12.2 Å². The van der Waals surface area contributed by atoms with E-state index in [0.29, 0.717) is 0 Å². The fourth-order valence-electron chi connectivity index (χ4n) is 4.25. The van der Waals surface area contributed by atoms with Crippen molar-refractivity contribution < 1.29 is 0 Å². The Morgan fingerprint density at radius 1 is 0.550 bits per heavy atom. The predicted octanol–water partition coefficient (Wildman–Crippen LogP) is 5.83. The fourth-order valence-corrected chi connectivity index (χ4v) is 4.25. The van der Waals surface area contributed by atoms with Crippen molar-refractivity contribution in [2.75, 3.05) is 0 Å². The summed E-state index contributed by atoms with van der Waals surface area (Å²) in [5.74, 6) is 0.951. The summed E-state index contributed by atoms with van der Waals surface area (Å²) in [7, 11) is 0. The van der Waals surface area contributed by atoms with Crippen molar-refractivity contribution in [1.82, 2.24) is 5.32 Å². The molecule has 0 heterocycles. The third-order valence-electron chi connectivity index (χ3n) is 5.51. The van der Waals surface area contributed by atoms with Gasteiger partial charge < -0.3 is 5.32 Å². The SMILES string of the molecule is CC1CCCC(NC2CCCCCCCCCCC2)C1. The molecule has 2 saturated carbocycles. The highest BCUT2D eigenvalue weighted by Gasteiger charge is 2.21. The van der Waals surface area contributed by atoms with Crippen molar-refractivity contribution in [2.45, 2.75) is 115 Å². The first-order valence-corrected chi connectivity index (χ1v) is 9.60. The highest BCUT2D eigenvalue weighted by Crippen LogP contribution is 2.25. The topological polar surface area (TPSA) is 12.0 Å². The summed E-state index contributed by atoms with van der Waals surface area (Å²) in [4.78, 5) is 0. The first-order chi connectivity index (χ1) is 9.84. The minimum Gasteiger partial charge on any atom is -0.311 e. The number of hydrogen-bond donors (Lipinski definition) is 1. The second-order valence-electron chi connectivity index (χ2n) is 7.59. The maximum Gasteiger partial charge on any atom is 0.00721 e. The Balaban J connectivity index is 1.73. The van der Waals surface area contributed by atoms with Gasteiger partial charge in [0.2, 0.25) is 0 Å². The Bertz CT molecular complexity index is 226. The maximum absolute atomic E-state index is 4.04. The minimum atomic E-state index is 0.824. The normalized spacial score (nSPS) is 32.2. The molecule has 2 rings (SSSR count). The van der Waals surface area contributed by atoms with Crippen LogP contribution in [0.15, 0.2) is 0 Å². The van der Waals surface area contributed by atoms with Gasteiger partial charge >= 0.3 is 0 Å². The van der Waals surface area contributed by atoms with Crippen LogP contribution in [0.1, 0.15) is 103 Å². The van der Waals surface area contributed by atoms with E-state index in [1.807, 2.05) is 0 Å². The lowest BCUT2D eigenvalue weighted by Gasteiger charge is -2.32. The van der Waals surface area contributed by atoms with Crippen LogP contribution in [0.4, 0.5) is 0 Å². The van der Waals surface area contributed by atoms with Crippen molar-refractivity contribution in [3.05, 3.63) is 0 Å². The van der Waals surface area contributed by atoms with Gasteiger partial charge in [-0.25, -0.2) is 0 Å². The highest BCUT2D eigenvalue weighted by molar-refractivity contribution is 4.80. The largest absolute Gasteiger partial charge is 0.311 e. The van der Waals surface area contributed by atoms with Crippen LogP contribution in [0.3, 0.4) is 0 Å². The lowest BCUT2D eigenvalue weighted by atomic mass is 9.86. The van der Waals surface area contributed by atoms with Crippen LogP contribution in [0.2, 0.25) is 0 Å². The second kappa shape index (κ2) is 9.82. The van der Waals surface area contributed by atoms with Gasteiger partial charge in [-0.2, -0.15) is 0 Å². The summed E-state index contributed by atoms with van der Waals surface area (Å²) in [6.45, 7) is 2.44. The molecule has 2 aliphatic rings. The second-order valence-corrected chi connectivity index (χ2v) is 7.59. The molecule has 0 amide bonds. The zero-order valence-electron chi connectivity index (χ0n) is 13.8. The van der Waals surface area contributed by atoms with Gasteiger partial charge in [0, 0.05) is 12.1 Å². The van der Waals surface area contributed by atoms with E-state index in [9.17, 15) is 0 Å². The van der Waals surface area contributed by atoms with Crippen LogP contribution in [0, 0.1) is 5.92 Å². The van der Waals surface area contributed by atoms with E-state index < -0.39 is 0 Å². The smallest absolute Gasteiger partial charge is 0.00721 e. The van der Waals surface area contributed by atoms with Crippen LogP contribution in [0.25, 0.3) is 0 Å². The summed E-state index contributed by atoms with van der Waals surface area (Å²) in [6, 6.07) is 1.65. The Morgan fingerprint density at radius 2 is 1.05 bits per heavy atom. The van der Waals surface area contributed by atoms with Gasteiger partial charge in [0.25, 0.3) is 0 Å². The van der Waals surface area contributed by atoms with Gasteiger partial charge in [0.05, 0.1) is 0 Å². The Labute approximate surface area is 127 Å². The maximum atomic E-state index is 4.04. The first kappa shape index (κ1) is 16.3. The molecule has 1 heteroatoms. The quantitative estimate of drug-likeness (QED) is 0.670. The Morgan fingerprint density at radius 3 is 1.60 bits per heavy atom. The van der Waals surface area contributed by atoms with Crippen molar-refractivity contribution in [3.63, 3.8) is 0 Å². The van der Waals surface area contributed by atoms with Crippen LogP contribution in [-0.4, -0.2) is 12.1 Å². The van der Waals surface area contributed by atoms with Gasteiger partial charge in [0.15, 0.2) is 0 Å². The molecule has 0 radical (unpaired) electrons. The van der Waals surface area contributed by atoms with Crippen LogP contribution >= 0.6 is 0 Å². The predicted molar refractivity (Wildman–Crippen MR) is 89.1 cm³/mol. The van der Waals surface area contributed by atoms with Gasteiger partial charge in [0.1, 0.15) is 0 Å². The molecule has 20 heavy (non-hydrogen) atoms. The van der Waals surface area contributed by atoms with Crippen LogP contribution in [-0.2, 0) is 0 Å². The lowest BCUT2D eigenvalue weighted by molar-refractivity contribution is 0.264. The molecular formula is C19H37N. The number of hydrogen-bond acceptors (Lipinski definition) is 1. The van der Waals surface area contributed by atoms with E-state index in [1.165, 1.54) is 96.3 Å².